The molecule has 4 aromatic rings. The van der Waals surface area contributed by atoms with E-state index in [1.807, 2.05) is 0 Å². The number of phenols is 2. The van der Waals surface area contributed by atoms with Gasteiger partial charge in [-0.1, -0.05) is 48.5 Å². The largest absolute Gasteiger partial charge is 0.507 e. The predicted molar refractivity (Wildman–Crippen MR) is 144 cm³/mol. The Labute approximate surface area is 218 Å². The predicted octanol–water partition coefficient (Wildman–Crippen LogP) is 5.51. The molecule has 4 N–H and O–H groups in total. The highest BCUT2D eigenvalue weighted by Crippen LogP contribution is 2.36. The van der Waals surface area contributed by atoms with Crippen molar-refractivity contribution in [3.8, 4) is 11.5 Å². The Morgan fingerprint density at radius 1 is 0.553 bits per heavy atom. The van der Waals surface area contributed by atoms with E-state index < -0.39 is 24.0 Å². The van der Waals surface area contributed by atoms with Gasteiger partial charge in [-0.2, -0.15) is 0 Å². The van der Waals surface area contributed by atoms with Gasteiger partial charge in [0.25, 0.3) is 0 Å². The second-order valence-electron chi connectivity index (χ2n) is 8.42. The van der Waals surface area contributed by atoms with Crippen LogP contribution < -0.4 is 0 Å². The first-order chi connectivity index (χ1) is 18.3. The Morgan fingerprint density at radius 3 is 1.21 bits per heavy atom. The van der Waals surface area contributed by atoms with Crippen molar-refractivity contribution < 1.29 is 30.0 Å². The number of carboxylic acids is 2. The molecule has 0 unspecified atom stereocenters. The molecule has 190 valence electrons. The van der Waals surface area contributed by atoms with E-state index in [4.69, 9.17) is 9.98 Å². The SMILES string of the molecule is O=C(O)c1ccc([C@H](N=Cc2ccccc2O)[C@@H](N=Cc2ccccc2O)c2ccc(C(=O)O)cc2)cc1. The zero-order valence-corrected chi connectivity index (χ0v) is 20.0. The van der Waals surface area contributed by atoms with E-state index in [0.29, 0.717) is 22.3 Å². The van der Waals surface area contributed by atoms with Crippen LogP contribution in [0.4, 0.5) is 0 Å². The number of benzene rings is 4. The molecule has 0 amide bonds. The maximum atomic E-state index is 11.4. The average molecular weight is 509 g/mol. The Kier molecular flexibility index (Phi) is 7.93. The fourth-order valence-corrected chi connectivity index (χ4v) is 3.86. The third-order valence-corrected chi connectivity index (χ3v) is 5.92. The fourth-order valence-electron chi connectivity index (χ4n) is 3.86. The van der Waals surface area contributed by atoms with Crippen LogP contribution in [0.3, 0.4) is 0 Å². The van der Waals surface area contributed by atoms with E-state index in [9.17, 15) is 30.0 Å². The van der Waals surface area contributed by atoms with Crippen molar-refractivity contribution in [3.05, 3.63) is 130 Å². The van der Waals surface area contributed by atoms with Gasteiger partial charge in [0, 0.05) is 23.6 Å². The molecule has 0 saturated heterocycles. The van der Waals surface area contributed by atoms with Crippen molar-refractivity contribution in [3.63, 3.8) is 0 Å². The molecule has 8 heteroatoms. The van der Waals surface area contributed by atoms with E-state index in [-0.39, 0.29) is 22.6 Å². The number of phenolic OH excluding ortho intramolecular Hbond substituents is 2. The minimum absolute atomic E-state index is 0.0382. The number of carboxylic acid groups (broad SMARTS) is 2. The van der Waals surface area contributed by atoms with Gasteiger partial charge in [0.1, 0.15) is 23.6 Å². The highest BCUT2D eigenvalue weighted by Gasteiger charge is 2.24. The molecule has 0 aromatic heterocycles. The van der Waals surface area contributed by atoms with Crippen molar-refractivity contribution in [2.75, 3.05) is 0 Å². The Hall–Kier alpha value is -5.24. The molecule has 0 aliphatic heterocycles. The van der Waals surface area contributed by atoms with Crippen molar-refractivity contribution >= 4 is 24.4 Å². The molecule has 0 radical (unpaired) electrons. The van der Waals surface area contributed by atoms with Gasteiger partial charge in [0.15, 0.2) is 0 Å². The van der Waals surface area contributed by atoms with Gasteiger partial charge in [0.05, 0.1) is 11.1 Å². The van der Waals surface area contributed by atoms with E-state index in [2.05, 4.69) is 0 Å². The normalized spacial score (nSPS) is 12.9. The molecule has 2 atom stereocenters. The van der Waals surface area contributed by atoms with Crippen LogP contribution in [0.2, 0.25) is 0 Å². The standard InChI is InChI=1S/C30H24N2O6/c33-25-7-3-1-5-23(25)17-31-27(19-9-13-21(14-10-19)29(35)36)28(20-11-15-22(16-12-20)30(37)38)32-18-24-6-2-4-8-26(24)34/h1-18,27-28,33-34H,(H,35,36)(H,37,38)/t27-,28-/m0/s1. The van der Waals surface area contributed by atoms with Crippen molar-refractivity contribution in [1.29, 1.82) is 0 Å². The van der Waals surface area contributed by atoms with E-state index >= 15 is 0 Å². The lowest BCUT2D eigenvalue weighted by Crippen LogP contribution is -2.10. The third kappa shape index (κ3) is 6.11. The van der Waals surface area contributed by atoms with Crippen LogP contribution in [0.1, 0.15) is 55.1 Å². The number of hydrogen-bond acceptors (Lipinski definition) is 6. The molecule has 0 aliphatic rings. The molecule has 8 nitrogen and oxygen atoms in total. The fraction of sp³-hybridized carbons (Fsp3) is 0.0667. The van der Waals surface area contributed by atoms with Crippen LogP contribution in [0.25, 0.3) is 0 Å². The monoisotopic (exact) mass is 508 g/mol. The summed E-state index contributed by atoms with van der Waals surface area (Å²) in [6.45, 7) is 0. The van der Waals surface area contributed by atoms with E-state index in [1.165, 1.54) is 48.8 Å². The Bertz CT molecular complexity index is 1380. The molecule has 38 heavy (non-hydrogen) atoms. The molecule has 0 aliphatic carbocycles. The molecular weight excluding hydrogens is 484 g/mol. The van der Waals surface area contributed by atoms with Crippen LogP contribution in [0.15, 0.2) is 107 Å². The number of aromatic carboxylic acids is 2. The molecule has 0 saturated carbocycles. The number of rotatable bonds is 9. The Morgan fingerprint density at radius 2 is 0.895 bits per heavy atom. The summed E-state index contributed by atoms with van der Waals surface area (Å²) in [7, 11) is 0. The first-order valence-corrected chi connectivity index (χ1v) is 11.6. The molecular formula is C30H24N2O6. The minimum atomic E-state index is -1.07. The van der Waals surface area contributed by atoms with Crippen LogP contribution in [0, 0.1) is 0 Å². The van der Waals surface area contributed by atoms with Gasteiger partial charge in [-0.15, -0.1) is 0 Å². The molecule has 0 spiro atoms. The van der Waals surface area contributed by atoms with E-state index in [1.54, 1.807) is 60.7 Å². The van der Waals surface area contributed by atoms with Gasteiger partial charge < -0.3 is 20.4 Å². The van der Waals surface area contributed by atoms with Gasteiger partial charge >= 0.3 is 11.9 Å². The van der Waals surface area contributed by atoms with Crippen LogP contribution in [-0.2, 0) is 0 Å². The minimum Gasteiger partial charge on any atom is -0.507 e. The number of para-hydroxylation sites is 2. The number of aromatic hydroxyl groups is 2. The van der Waals surface area contributed by atoms with Gasteiger partial charge in [-0.05, 0) is 59.7 Å². The second kappa shape index (κ2) is 11.7. The Balaban J connectivity index is 1.85. The molecule has 0 fully saturated rings. The summed E-state index contributed by atoms with van der Waals surface area (Å²) in [5, 5.41) is 39.2. The van der Waals surface area contributed by atoms with Gasteiger partial charge in [0.2, 0.25) is 0 Å². The highest BCUT2D eigenvalue weighted by atomic mass is 16.4. The number of aliphatic imine (C=N–C) groups is 2. The van der Waals surface area contributed by atoms with Crippen LogP contribution in [-0.4, -0.2) is 44.8 Å². The number of hydrogen-bond donors (Lipinski definition) is 4. The second-order valence-corrected chi connectivity index (χ2v) is 8.42. The molecule has 0 heterocycles. The highest BCUT2D eigenvalue weighted by molar-refractivity contribution is 5.88. The summed E-state index contributed by atoms with van der Waals surface area (Å²) < 4.78 is 0. The lowest BCUT2D eigenvalue weighted by atomic mass is 9.92. The van der Waals surface area contributed by atoms with Crippen molar-refractivity contribution in [2.45, 2.75) is 12.1 Å². The van der Waals surface area contributed by atoms with Gasteiger partial charge in [-0.25, -0.2) is 9.59 Å². The van der Waals surface area contributed by atoms with Crippen LogP contribution >= 0.6 is 0 Å². The molecule has 4 aromatic carbocycles. The number of nitrogens with zero attached hydrogens (tertiary/aromatic N) is 2. The smallest absolute Gasteiger partial charge is 0.335 e. The first kappa shape index (κ1) is 25.8. The van der Waals surface area contributed by atoms with Gasteiger partial charge in [-0.3, -0.25) is 9.98 Å². The summed E-state index contributed by atoms with van der Waals surface area (Å²) >= 11 is 0. The van der Waals surface area contributed by atoms with E-state index in [0.717, 1.165) is 0 Å². The zero-order valence-electron chi connectivity index (χ0n) is 20.0. The van der Waals surface area contributed by atoms with Crippen LogP contribution in [0.5, 0.6) is 11.5 Å². The quantitative estimate of drug-likeness (QED) is 0.220. The number of carbonyl (C=O) groups is 2. The van der Waals surface area contributed by atoms with Crippen molar-refractivity contribution in [1.82, 2.24) is 0 Å². The lowest BCUT2D eigenvalue weighted by molar-refractivity contribution is 0.0686. The van der Waals surface area contributed by atoms with Crippen molar-refractivity contribution in [2.24, 2.45) is 9.98 Å². The lowest BCUT2D eigenvalue weighted by Gasteiger charge is -2.22. The average Bonchev–Trinajstić information content (AvgIpc) is 2.92. The molecule has 0 bridgehead atoms. The zero-order chi connectivity index (χ0) is 27.1. The first-order valence-electron chi connectivity index (χ1n) is 11.6. The third-order valence-electron chi connectivity index (χ3n) is 5.92. The summed E-state index contributed by atoms with van der Waals surface area (Å²) in [6.07, 6.45) is 3.03. The molecule has 4 rings (SSSR count). The maximum Gasteiger partial charge on any atom is 0.335 e. The summed E-state index contributed by atoms with van der Waals surface area (Å²) in [5.74, 6) is -2.05. The summed E-state index contributed by atoms with van der Waals surface area (Å²) in [6, 6.07) is 24.4. The maximum absolute atomic E-state index is 11.4. The summed E-state index contributed by atoms with van der Waals surface area (Å²) in [4.78, 5) is 32.3. The topological polar surface area (TPSA) is 140 Å². The summed E-state index contributed by atoms with van der Waals surface area (Å²) in [5.41, 5.74) is 2.45.